The van der Waals surface area contributed by atoms with Crippen molar-refractivity contribution in [2.45, 2.75) is 33.4 Å². The molecule has 0 spiro atoms. The van der Waals surface area contributed by atoms with Gasteiger partial charge in [-0.1, -0.05) is 42.5 Å². The summed E-state index contributed by atoms with van der Waals surface area (Å²) >= 11 is 1.55. The molecule has 0 atom stereocenters. The molecule has 2 aromatic heterocycles. The molecule has 170 valence electrons. The second-order valence-electron chi connectivity index (χ2n) is 8.75. The van der Waals surface area contributed by atoms with Gasteiger partial charge in [-0.25, -0.2) is 4.98 Å². The molecule has 1 aliphatic rings. The van der Waals surface area contributed by atoms with Crippen molar-refractivity contribution in [2.75, 3.05) is 26.2 Å². The lowest BCUT2D eigenvalue weighted by atomic mass is 10.0. The highest BCUT2D eigenvalue weighted by molar-refractivity contribution is 7.18. The molecule has 0 bridgehead atoms. The Labute approximate surface area is 197 Å². The number of aryl methyl sites for hydroxylation is 3. The van der Waals surface area contributed by atoms with Crippen LogP contribution in [-0.4, -0.2) is 51.4 Å². The predicted molar refractivity (Wildman–Crippen MR) is 134 cm³/mol. The molecule has 4 aromatic rings. The van der Waals surface area contributed by atoms with Crippen LogP contribution in [-0.2, 0) is 17.9 Å². The molecule has 33 heavy (non-hydrogen) atoms. The number of piperazine rings is 1. The van der Waals surface area contributed by atoms with Crippen LogP contribution in [0.1, 0.15) is 22.4 Å². The molecule has 0 unspecified atom stereocenters. The van der Waals surface area contributed by atoms with Crippen LogP contribution in [0.3, 0.4) is 0 Å². The van der Waals surface area contributed by atoms with Crippen LogP contribution in [0.4, 0.5) is 0 Å². The maximum atomic E-state index is 12.9. The zero-order valence-corrected chi connectivity index (χ0v) is 19.9. The lowest BCUT2D eigenvalue weighted by Crippen LogP contribution is -2.48. The Balaban J connectivity index is 1.18. The standard InChI is InChI=1S/C26H28N4O2S/c1-18-19(2)33-25-24(18)26(32)30(17-27-25)11-10-23(31)29-14-12-28(13-15-29)16-21-8-5-7-20-6-3-4-9-22(20)21/h3-9,17H,10-16H2,1-2H3. The Morgan fingerprint density at radius 3 is 2.61 bits per heavy atom. The number of carbonyl (C=O) groups is 1. The van der Waals surface area contributed by atoms with Crippen molar-refractivity contribution in [1.82, 2.24) is 19.4 Å². The molecule has 6 nitrogen and oxygen atoms in total. The van der Waals surface area contributed by atoms with Gasteiger partial charge in [-0.15, -0.1) is 11.3 Å². The van der Waals surface area contributed by atoms with Crippen LogP contribution >= 0.6 is 11.3 Å². The molecule has 1 saturated heterocycles. The zero-order chi connectivity index (χ0) is 22.9. The topological polar surface area (TPSA) is 58.4 Å². The number of hydrogen-bond acceptors (Lipinski definition) is 5. The normalized spacial score (nSPS) is 14.9. The number of fused-ring (bicyclic) bond motifs is 2. The first-order valence-electron chi connectivity index (χ1n) is 11.4. The van der Waals surface area contributed by atoms with Gasteiger partial charge in [-0.05, 0) is 35.7 Å². The molecule has 0 aliphatic carbocycles. The van der Waals surface area contributed by atoms with E-state index in [1.54, 1.807) is 22.2 Å². The fraction of sp³-hybridized carbons (Fsp3) is 0.346. The molecule has 7 heteroatoms. The maximum Gasteiger partial charge on any atom is 0.262 e. The predicted octanol–water partition coefficient (Wildman–Crippen LogP) is 3.96. The van der Waals surface area contributed by atoms with Gasteiger partial charge in [0.05, 0.1) is 11.7 Å². The molecule has 1 aliphatic heterocycles. The second-order valence-corrected chi connectivity index (χ2v) is 9.95. The van der Waals surface area contributed by atoms with Gasteiger partial charge in [0.2, 0.25) is 5.91 Å². The summed E-state index contributed by atoms with van der Waals surface area (Å²) in [5.41, 5.74) is 2.28. The number of hydrogen-bond donors (Lipinski definition) is 0. The van der Waals surface area contributed by atoms with Gasteiger partial charge in [-0.2, -0.15) is 0 Å². The van der Waals surface area contributed by atoms with Gasteiger partial charge >= 0.3 is 0 Å². The lowest BCUT2D eigenvalue weighted by molar-refractivity contribution is -0.133. The van der Waals surface area contributed by atoms with Gasteiger partial charge in [-0.3, -0.25) is 19.1 Å². The van der Waals surface area contributed by atoms with E-state index in [0.717, 1.165) is 48.0 Å². The van der Waals surface area contributed by atoms with Gasteiger partial charge in [0.1, 0.15) is 4.83 Å². The smallest absolute Gasteiger partial charge is 0.262 e. The van der Waals surface area contributed by atoms with E-state index in [9.17, 15) is 9.59 Å². The minimum Gasteiger partial charge on any atom is -0.340 e. The summed E-state index contributed by atoms with van der Waals surface area (Å²) in [6.07, 6.45) is 1.90. The van der Waals surface area contributed by atoms with E-state index >= 15 is 0 Å². The maximum absolute atomic E-state index is 12.9. The van der Waals surface area contributed by atoms with Crippen LogP contribution in [0.2, 0.25) is 0 Å². The summed E-state index contributed by atoms with van der Waals surface area (Å²) in [4.78, 5) is 36.4. The summed E-state index contributed by atoms with van der Waals surface area (Å²) in [5, 5.41) is 3.25. The molecular weight excluding hydrogens is 432 g/mol. The third kappa shape index (κ3) is 4.30. The average Bonchev–Trinajstić information content (AvgIpc) is 3.13. The first-order valence-corrected chi connectivity index (χ1v) is 12.2. The van der Waals surface area contributed by atoms with Crippen LogP contribution in [0, 0.1) is 13.8 Å². The Morgan fingerprint density at radius 2 is 1.79 bits per heavy atom. The zero-order valence-electron chi connectivity index (χ0n) is 19.1. The number of carbonyl (C=O) groups excluding carboxylic acids is 1. The van der Waals surface area contributed by atoms with E-state index in [2.05, 4.69) is 52.3 Å². The molecular formula is C26H28N4O2S. The Hall–Kier alpha value is -3.03. The summed E-state index contributed by atoms with van der Waals surface area (Å²) in [6.45, 7) is 8.39. The third-order valence-electron chi connectivity index (χ3n) is 6.72. The van der Waals surface area contributed by atoms with E-state index in [0.29, 0.717) is 18.4 Å². The average molecular weight is 461 g/mol. The van der Waals surface area contributed by atoms with Gasteiger partial charge in [0.15, 0.2) is 0 Å². The van der Waals surface area contributed by atoms with Gasteiger partial charge in [0.25, 0.3) is 5.56 Å². The monoisotopic (exact) mass is 460 g/mol. The molecule has 1 fully saturated rings. The third-order valence-corrected chi connectivity index (χ3v) is 7.84. The highest BCUT2D eigenvalue weighted by Gasteiger charge is 2.22. The number of amides is 1. The number of thiophene rings is 1. The fourth-order valence-corrected chi connectivity index (χ4v) is 5.62. The van der Waals surface area contributed by atoms with Crippen molar-refractivity contribution >= 4 is 38.2 Å². The van der Waals surface area contributed by atoms with E-state index in [1.807, 2.05) is 18.7 Å². The van der Waals surface area contributed by atoms with E-state index in [4.69, 9.17) is 0 Å². The number of aromatic nitrogens is 2. The van der Waals surface area contributed by atoms with Crippen molar-refractivity contribution in [3.8, 4) is 0 Å². The van der Waals surface area contributed by atoms with Crippen molar-refractivity contribution in [2.24, 2.45) is 0 Å². The van der Waals surface area contributed by atoms with E-state index in [1.165, 1.54) is 16.3 Å². The Bertz CT molecular complexity index is 1380. The van der Waals surface area contributed by atoms with Crippen molar-refractivity contribution in [3.05, 3.63) is 75.1 Å². The van der Waals surface area contributed by atoms with Crippen LogP contribution in [0.5, 0.6) is 0 Å². The highest BCUT2D eigenvalue weighted by atomic mass is 32.1. The van der Waals surface area contributed by atoms with Crippen LogP contribution in [0.25, 0.3) is 21.0 Å². The fourth-order valence-electron chi connectivity index (χ4n) is 4.63. The first-order chi connectivity index (χ1) is 16.0. The minimum absolute atomic E-state index is 0.0467. The summed E-state index contributed by atoms with van der Waals surface area (Å²) in [5.74, 6) is 0.102. The van der Waals surface area contributed by atoms with Gasteiger partial charge < -0.3 is 4.90 Å². The second kappa shape index (κ2) is 9.08. The van der Waals surface area contributed by atoms with Crippen LogP contribution in [0.15, 0.2) is 53.6 Å². The highest BCUT2D eigenvalue weighted by Crippen LogP contribution is 2.25. The molecule has 0 saturated carbocycles. The van der Waals surface area contributed by atoms with Gasteiger partial charge in [0, 0.05) is 50.6 Å². The molecule has 0 radical (unpaired) electrons. The number of rotatable bonds is 5. The molecule has 2 aromatic carbocycles. The van der Waals surface area contributed by atoms with E-state index in [-0.39, 0.29) is 11.5 Å². The molecule has 0 N–H and O–H groups in total. The lowest BCUT2D eigenvalue weighted by Gasteiger charge is -2.35. The minimum atomic E-state index is -0.0467. The summed E-state index contributed by atoms with van der Waals surface area (Å²) in [6, 6.07) is 14.9. The summed E-state index contributed by atoms with van der Waals surface area (Å²) in [7, 11) is 0. The van der Waals surface area contributed by atoms with Crippen molar-refractivity contribution in [3.63, 3.8) is 0 Å². The van der Waals surface area contributed by atoms with Crippen LogP contribution < -0.4 is 5.56 Å². The largest absolute Gasteiger partial charge is 0.340 e. The number of nitrogens with zero attached hydrogens (tertiary/aromatic N) is 4. The van der Waals surface area contributed by atoms with E-state index < -0.39 is 0 Å². The first kappa shape index (κ1) is 21.8. The number of benzene rings is 2. The van der Waals surface area contributed by atoms with Crippen molar-refractivity contribution < 1.29 is 4.79 Å². The molecule has 1 amide bonds. The molecule has 3 heterocycles. The Kier molecular flexibility index (Phi) is 6.00. The molecule has 5 rings (SSSR count). The quantitative estimate of drug-likeness (QED) is 0.452. The van der Waals surface area contributed by atoms with Crippen molar-refractivity contribution in [1.29, 1.82) is 0 Å². The summed E-state index contributed by atoms with van der Waals surface area (Å²) < 4.78 is 1.58. The SMILES string of the molecule is Cc1sc2ncn(CCC(=O)N3CCN(Cc4cccc5ccccc45)CC3)c(=O)c2c1C. The Morgan fingerprint density at radius 1 is 1.03 bits per heavy atom.